The lowest BCUT2D eigenvalue weighted by molar-refractivity contribution is -0.120. The fourth-order valence-electron chi connectivity index (χ4n) is 2.54. The van der Waals surface area contributed by atoms with Gasteiger partial charge >= 0.3 is 0 Å². The Bertz CT molecular complexity index is 949. The molecule has 24 heavy (non-hydrogen) atoms. The summed E-state index contributed by atoms with van der Waals surface area (Å²) in [6, 6.07) is 14.4. The number of hydrogen-bond donors (Lipinski definition) is 1. The Balaban J connectivity index is 1.76. The van der Waals surface area contributed by atoms with Crippen LogP contribution < -0.4 is 10.9 Å². The molecule has 0 aliphatic carbocycles. The van der Waals surface area contributed by atoms with E-state index in [0.29, 0.717) is 16.1 Å². The first-order chi connectivity index (χ1) is 11.5. The van der Waals surface area contributed by atoms with Gasteiger partial charge in [-0.05, 0) is 23.8 Å². The molecule has 1 N–H and O–H groups in total. The van der Waals surface area contributed by atoms with Crippen molar-refractivity contribution >= 4 is 28.3 Å². The molecule has 5 nitrogen and oxygen atoms in total. The van der Waals surface area contributed by atoms with E-state index in [1.54, 1.807) is 25.2 Å². The van der Waals surface area contributed by atoms with E-state index in [1.807, 2.05) is 30.3 Å². The Labute approximate surface area is 143 Å². The number of aromatic nitrogens is 2. The Hall–Kier alpha value is -2.66. The van der Waals surface area contributed by atoms with Crippen LogP contribution >= 0.6 is 11.6 Å². The van der Waals surface area contributed by atoms with Crippen LogP contribution in [0.5, 0.6) is 0 Å². The van der Waals surface area contributed by atoms with Crippen LogP contribution in [0.3, 0.4) is 0 Å². The summed E-state index contributed by atoms with van der Waals surface area (Å²) in [5.41, 5.74) is 1.40. The standard InChI is InChI=1S/C18H16ClN3O2/c1-22-18(24)15-5-3-2-4-14(15)16(21-22)11-20-17(23)10-12-6-8-13(19)9-7-12/h2-9H,10-11H2,1H3,(H,20,23). The predicted octanol–water partition coefficient (Wildman–Crippen LogP) is 2.45. The average Bonchev–Trinajstić information content (AvgIpc) is 2.59. The summed E-state index contributed by atoms with van der Waals surface area (Å²) >= 11 is 5.84. The molecule has 122 valence electrons. The van der Waals surface area contributed by atoms with Crippen molar-refractivity contribution in [1.82, 2.24) is 15.1 Å². The average molecular weight is 342 g/mol. The fraction of sp³-hybridized carbons (Fsp3) is 0.167. The molecule has 6 heteroatoms. The van der Waals surface area contributed by atoms with Gasteiger partial charge in [0, 0.05) is 17.5 Å². The molecule has 0 unspecified atom stereocenters. The molecule has 1 heterocycles. The van der Waals surface area contributed by atoms with E-state index in [9.17, 15) is 9.59 Å². The molecule has 0 spiro atoms. The molecule has 3 aromatic rings. The van der Waals surface area contributed by atoms with Crippen molar-refractivity contribution in [3.8, 4) is 0 Å². The molecule has 0 atom stereocenters. The summed E-state index contributed by atoms with van der Waals surface area (Å²) in [5, 5.41) is 9.10. The topological polar surface area (TPSA) is 64.0 Å². The van der Waals surface area contributed by atoms with Crippen LogP contribution in [-0.2, 0) is 24.8 Å². The second kappa shape index (κ2) is 6.84. The number of nitrogens with one attached hydrogen (secondary N) is 1. The predicted molar refractivity (Wildman–Crippen MR) is 94.0 cm³/mol. The number of benzene rings is 2. The van der Waals surface area contributed by atoms with Gasteiger partial charge < -0.3 is 5.32 Å². The highest BCUT2D eigenvalue weighted by Gasteiger charge is 2.10. The van der Waals surface area contributed by atoms with Gasteiger partial charge in [0.05, 0.1) is 24.0 Å². The summed E-state index contributed by atoms with van der Waals surface area (Å²) in [7, 11) is 1.60. The molecular formula is C18H16ClN3O2. The third kappa shape index (κ3) is 3.46. The highest BCUT2D eigenvalue weighted by Crippen LogP contribution is 2.13. The van der Waals surface area contributed by atoms with Crippen LogP contribution in [-0.4, -0.2) is 15.7 Å². The van der Waals surface area contributed by atoms with E-state index >= 15 is 0 Å². The van der Waals surface area contributed by atoms with Gasteiger partial charge in [0.2, 0.25) is 5.91 Å². The van der Waals surface area contributed by atoms with E-state index in [1.165, 1.54) is 4.68 Å². The number of carbonyl (C=O) groups is 1. The quantitative estimate of drug-likeness (QED) is 0.792. The number of hydrogen-bond acceptors (Lipinski definition) is 3. The molecule has 0 aliphatic rings. The number of halogens is 1. The lowest BCUT2D eigenvalue weighted by Crippen LogP contribution is -2.28. The highest BCUT2D eigenvalue weighted by atomic mass is 35.5. The van der Waals surface area contributed by atoms with Gasteiger partial charge in [-0.2, -0.15) is 5.10 Å². The van der Waals surface area contributed by atoms with Crippen LogP contribution in [0.4, 0.5) is 0 Å². The monoisotopic (exact) mass is 341 g/mol. The molecule has 1 aromatic heterocycles. The summed E-state index contributed by atoms with van der Waals surface area (Å²) in [6.45, 7) is 0.265. The summed E-state index contributed by atoms with van der Waals surface area (Å²) in [6.07, 6.45) is 0.265. The molecule has 0 aliphatic heterocycles. The minimum Gasteiger partial charge on any atom is -0.350 e. The number of aryl methyl sites for hydroxylation is 1. The van der Waals surface area contributed by atoms with Crippen molar-refractivity contribution in [2.75, 3.05) is 0 Å². The minimum atomic E-state index is -0.151. The summed E-state index contributed by atoms with van der Waals surface area (Å²) < 4.78 is 1.29. The van der Waals surface area contributed by atoms with Gasteiger partial charge in [-0.1, -0.05) is 41.9 Å². The second-order valence-corrected chi connectivity index (χ2v) is 5.94. The van der Waals surface area contributed by atoms with E-state index in [-0.39, 0.29) is 24.4 Å². The van der Waals surface area contributed by atoms with Crippen LogP contribution in [0.15, 0.2) is 53.3 Å². The van der Waals surface area contributed by atoms with Crippen molar-refractivity contribution in [3.05, 3.63) is 75.2 Å². The number of carbonyl (C=O) groups excluding carboxylic acids is 1. The molecule has 0 bridgehead atoms. The molecule has 0 radical (unpaired) electrons. The van der Waals surface area contributed by atoms with Gasteiger partial charge in [-0.15, -0.1) is 0 Å². The van der Waals surface area contributed by atoms with E-state index in [2.05, 4.69) is 10.4 Å². The normalized spacial score (nSPS) is 10.8. The first-order valence-corrected chi connectivity index (χ1v) is 7.88. The van der Waals surface area contributed by atoms with E-state index in [0.717, 1.165) is 10.9 Å². The largest absolute Gasteiger partial charge is 0.350 e. The SMILES string of the molecule is Cn1nc(CNC(=O)Cc2ccc(Cl)cc2)c2ccccc2c1=O. The lowest BCUT2D eigenvalue weighted by Gasteiger charge is -2.09. The first-order valence-electron chi connectivity index (χ1n) is 7.50. The zero-order chi connectivity index (χ0) is 17.1. The Morgan fingerprint density at radius 1 is 1.12 bits per heavy atom. The van der Waals surface area contributed by atoms with Crippen LogP contribution in [0.1, 0.15) is 11.3 Å². The number of fused-ring (bicyclic) bond motifs is 1. The van der Waals surface area contributed by atoms with Crippen molar-refractivity contribution in [3.63, 3.8) is 0 Å². The maximum Gasteiger partial charge on any atom is 0.274 e. The third-order valence-electron chi connectivity index (χ3n) is 3.76. The van der Waals surface area contributed by atoms with Crippen molar-refractivity contribution in [2.45, 2.75) is 13.0 Å². The zero-order valence-electron chi connectivity index (χ0n) is 13.1. The van der Waals surface area contributed by atoms with Crippen molar-refractivity contribution in [2.24, 2.45) is 7.05 Å². The molecule has 2 aromatic carbocycles. The molecular weight excluding hydrogens is 326 g/mol. The smallest absolute Gasteiger partial charge is 0.274 e. The van der Waals surface area contributed by atoms with Crippen LogP contribution in [0.25, 0.3) is 10.8 Å². The first kappa shape index (κ1) is 16.2. The number of amides is 1. The van der Waals surface area contributed by atoms with Crippen LogP contribution in [0, 0.1) is 0 Å². The van der Waals surface area contributed by atoms with Gasteiger partial charge in [0.15, 0.2) is 0 Å². The number of nitrogens with zero attached hydrogens (tertiary/aromatic N) is 2. The Kier molecular flexibility index (Phi) is 4.62. The minimum absolute atomic E-state index is 0.114. The van der Waals surface area contributed by atoms with Gasteiger partial charge in [-0.25, -0.2) is 4.68 Å². The summed E-state index contributed by atoms with van der Waals surface area (Å²) in [4.78, 5) is 24.2. The van der Waals surface area contributed by atoms with Gasteiger partial charge in [0.1, 0.15) is 0 Å². The maximum absolute atomic E-state index is 12.1. The van der Waals surface area contributed by atoms with Crippen molar-refractivity contribution < 1.29 is 4.79 Å². The highest BCUT2D eigenvalue weighted by molar-refractivity contribution is 6.30. The van der Waals surface area contributed by atoms with E-state index in [4.69, 9.17) is 11.6 Å². The molecule has 0 saturated carbocycles. The van der Waals surface area contributed by atoms with Gasteiger partial charge in [-0.3, -0.25) is 9.59 Å². The molecule has 0 saturated heterocycles. The summed E-state index contributed by atoms with van der Waals surface area (Å²) in [5.74, 6) is -0.114. The Morgan fingerprint density at radius 3 is 2.50 bits per heavy atom. The van der Waals surface area contributed by atoms with E-state index < -0.39 is 0 Å². The molecule has 1 amide bonds. The lowest BCUT2D eigenvalue weighted by atomic mass is 10.1. The Morgan fingerprint density at radius 2 is 1.79 bits per heavy atom. The fourth-order valence-corrected chi connectivity index (χ4v) is 2.66. The maximum atomic E-state index is 12.1. The van der Waals surface area contributed by atoms with Crippen LogP contribution in [0.2, 0.25) is 5.02 Å². The second-order valence-electron chi connectivity index (χ2n) is 5.50. The number of rotatable bonds is 4. The van der Waals surface area contributed by atoms with Gasteiger partial charge in [0.25, 0.3) is 5.56 Å². The third-order valence-corrected chi connectivity index (χ3v) is 4.02. The zero-order valence-corrected chi connectivity index (χ0v) is 13.9. The van der Waals surface area contributed by atoms with Crippen molar-refractivity contribution in [1.29, 1.82) is 0 Å². The molecule has 0 fully saturated rings. The molecule has 3 rings (SSSR count).